The first-order valence-electron chi connectivity index (χ1n) is 9.72. The summed E-state index contributed by atoms with van der Waals surface area (Å²) in [7, 11) is 1.22. The molecule has 0 heterocycles. The van der Waals surface area contributed by atoms with E-state index in [1.807, 2.05) is 6.07 Å². The Morgan fingerprint density at radius 3 is 2.79 bits per heavy atom. The summed E-state index contributed by atoms with van der Waals surface area (Å²) < 4.78 is 8.64. The first-order valence-corrected chi connectivity index (χ1v) is 10.5. The van der Waals surface area contributed by atoms with Gasteiger partial charge in [0, 0.05) is 12.3 Å². The quantitative estimate of drug-likeness (QED) is 0.255. The van der Waals surface area contributed by atoms with Crippen molar-refractivity contribution in [2.24, 2.45) is 11.8 Å². The number of methoxy groups -OCH3 is 1. The van der Waals surface area contributed by atoms with Gasteiger partial charge in [-0.25, -0.2) is 4.79 Å². The number of benzene rings is 1. The van der Waals surface area contributed by atoms with Crippen molar-refractivity contribution in [2.45, 2.75) is 43.2 Å². The van der Waals surface area contributed by atoms with Gasteiger partial charge in [-0.15, -0.1) is 5.73 Å². The molecule has 0 saturated heterocycles. The van der Waals surface area contributed by atoms with Crippen molar-refractivity contribution in [3.05, 3.63) is 60.4 Å². The van der Waals surface area contributed by atoms with Crippen LogP contribution >= 0.6 is 15.9 Å². The van der Waals surface area contributed by atoms with Crippen molar-refractivity contribution in [1.82, 2.24) is 0 Å². The van der Waals surface area contributed by atoms with E-state index in [1.165, 1.54) is 13.2 Å². The average Bonchev–Trinajstić information content (AvgIpc) is 3.08. The number of aliphatic hydroxyl groups excluding tert-OH is 1. The van der Waals surface area contributed by atoms with Gasteiger partial charge in [0.1, 0.15) is 17.6 Å². The van der Waals surface area contributed by atoms with E-state index in [9.17, 15) is 14.7 Å². The van der Waals surface area contributed by atoms with Gasteiger partial charge < -0.3 is 14.6 Å². The molecule has 2 unspecified atom stereocenters. The Balaban J connectivity index is 2.10. The Kier molecular flexibility index (Phi) is 8.90. The maximum absolute atomic E-state index is 12.2. The number of hydrogen-bond acceptors (Lipinski definition) is 5. The van der Waals surface area contributed by atoms with Crippen LogP contribution in [-0.2, 0) is 14.3 Å². The minimum Gasteiger partial charge on any atom is -0.465 e. The van der Waals surface area contributed by atoms with Crippen LogP contribution in [0, 0.1) is 11.8 Å². The van der Waals surface area contributed by atoms with Gasteiger partial charge >= 0.3 is 5.97 Å². The molecule has 1 aromatic rings. The lowest BCUT2D eigenvalue weighted by Gasteiger charge is -2.28. The number of para-hydroxylation sites is 1. The van der Waals surface area contributed by atoms with E-state index in [4.69, 9.17) is 9.47 Å². The van der Waals surface area contributed by atoms with Gasteiger partial charge in [-0.1, -0.05) is 37.3 Å². The smallest absolute Gasteiger partial charge is 0.364 e. The third-order valence-corrected chi connectivity index (χ3v) is 5.83. The summed E-state index contributed by atoms with van der Waals surface area (Å²) >= 11 is 3.18. The number of ketones is 1. The summed E-state index contributed by atoms with van der Waals surface area (Å²) in [6, 6.07) is 8.66. The Morgan fingerprint density at radius 1 is 1.41 bits per heavy atom. The van der Waals surface area contributed by atoms with E-state index < -0.39 is 16.6 Å². The molecular weight excluding hydrogens is 436 g/mol. The van der Waals surface area contributed by atoms with E-state index in [1.54, 1.807) is 30.3 Å². The first kappa shape index (κ1) is 23.1. The second-order valence-electron chi connectivity index (χ2n) is 6.88. The van der Waals surface area contributed by atoms with Crippen LogP contribution < -0.4 is 4.74 Å². The second kappa shape index (κ2) is 11.1. The fraction of sp³-hybridized carbons (Fsp3) is 0.435. The maximum atomic E-state index is 12.2. The van der Waals surface area contributed by atoms with E-state index in [-0.39, 0.29) is 17.6 Å². The van der Waals surface area contributed by atoms with Crippen molar-refractivity contribution in [2.75, 3.05) is 7.11 Å². The third-order valence-electron chi connectivity index (χ3n) is 4.87. The number of carbonyl (C=O) groups is 2. The molecular formula is C23H27BrO5. The number of hydrogen-bond donors (Lipinski definition) is 1. The highest BCUT2D eigenvalue weighted by Crippen LogP contribution is 2.33. The van der Waals surface area contributed by atoms with Crippen molar-refractivity contribution in [1.29, 1.82) is 0 Å². The molecule has 29 heavy (non-hydrogen) atoms. The number of Topliss-reactive ketones (excluding diaryl/α,β-unsaturated/α-hetero) is 1. The number of ether oxygens (including phenoxy) is 2. The third kappa shape index (κ3) is 6.17. The average molecular weight is 463 g/mol. The molecule has 0 bridgehead atoms. The molecule has 156 valence electrons. The van der Waals surface area contributed by atoms with Crippen LogP contribution in [0.3, 0.4) is 0 Å². The fourth-order valence-electron chi connectivity index (χ4n) is 3.27. The van der Waals surface area contributed by atoms with Crippen molar-refractivity contribution in [3.8, 4) is 5.75 Å². The predicted octanol–water partition coefficient (Wildman–Crippen LogP) is 4.35. The highest BCUT2D eigenvalue weighted by molar-refractivity contribution is 9.10. The van der Waals surface area contributed by atoms with Crippen LogP contribution in [0.2, 0.25) is 0 Å². The normalized spacial score (nSPS) is 21.9. The number of halogens is 1. The molecule has 2 rings (SSSR count). The monoisotopic (exact) mass is 462 g/mol. The molecule has 4 atom stereocenters. The molecule has 0 aliphatic heterocycles. The van der Waals surface area contributed by atoms with Gasteiger partial charge in [-0.05, 0) is 65.4 Å². The number of alkyl halides is 1. The first-order chi connectivity index (χ1) is 13.9. The van der Waals surface area contributed by atoms with Gasteiger partial charge in [0.2, 0.25) is 0 Å². The molecule has 0 radical (unpaired) electrons. The number of allylic oxidation sites excluding steroid dienone is 2. The van der Waals surface area contributed by atoms with Crippen LogP contribution in [-0.4, -0.2) is 34.6 Å². The zero-order valence-corrected chi connectivity index (χ0v) is 18.3. The SMILES string of the molecule is CC/C=C/[C@H]1CCC(=O)[C@@H]1CC=C=CC([16OH])C(Br)(Oc1ccccc1)C(=O)OC. The van der Waals surface area contributed by atoms with Gasteiger partial charge in [0.25, 0.3) is 4.51 Å². The molecule has 1 fully saturated rings. The van der Waals surface area contributed by atoms with Crippen LogP contribution in [0.15, 0.2) is 60.4 Å². The highest BCUT2D eigenvalue weighted by atomic mass is 79.9. The summed E-state index contributed by atoms with van der Waals surface area (Å²) in [5.41, 5.74) is 2.89. The van der Waals surface area contributed by atoms with Gasteiger partial charge in [-0.3, -0.25) is 4.79 Å². The van der Waals surface area contributed by atoms with Crippen LogP contribution in [0.5, 0.6) is 5.75 Å². The van der Waals surface area contributed by atoms with Gasteiger partial charge in [0.15, 0.2) is 0 Å². The van der Waals surface area contributed by atoms with Crippen molar-refractivity contribution >= 4 is 27.7 Å². The lowest BCUT2D eigenvalue weighted by atomic mass is 9.91. The standard InChI is InChI=1S/C23H27BrO5/c1-3-4-10-17-15-16-20(25)19(17)13-8-9-14-21(26)23(24,22(27)28-2)29-18-11-6-5-7-12-18/h4-8,10-12,14,17,19,21,26H,3,13,15-16H2,1-2H3/b10-4+/t9?,17-,19+,21?,23?/m0/s1/i26+0. The number of esters is 1. The number of rotatable bonds is 9. The van der Waals surface area contributed by atoms with E-state index in [0.717, 1.165) is 12.8 Å². The predicted molar refractivity (Wildman–Crippen MR) is 115 cm³/mol. The molecule has 5 nitrogen and oxygen atoms in total. The molecule has 1 aromatic carbocycles. The number of carbonyl (C=O) groups excluding carboxylic acids is 2. The van der Waals surface area contributed by atoms with E-state index in [2.05, 4.69) is 40.7 Å². The molecule has 0 aromatic heterocycles. The molecule has 0 amide bonds. The summed E-state index contributed by atoms with van der Waals surface area (Å²) in [6.45, 7) is 2.07. The lowest BCUT2D eigenvalue weighted by molar-refractivity contribution is -0.155. The minimum absolute atomic E-state index is 0.0641. The zero-order chi connectivity index (χ0) is 21.3. The molecule has 6 heteroatoms. The van der Waals surface area contributed by atoms with Gasteiger partial charge in [0.05, 0.1) is 7.11 Å². The summed E-state index contributed by atoms with van der Waals surface area (Å²) in [6.07, 6.45) is 8.85. The minimum atomic E-state index is -1.81. The van der Waals surface area contributed by atoms with E-state index >= 15 is 0 Å². The van der Waals surface area contributed by atoms with Crippen LogP contribution in [0.25, 0.3) is 0 Å². The lowest BCUT2D eigenvalue weighted by Crippen LogP contribution is -2.48. The summed E-state index contributed by atoms with van der Waals surface area (Å²) in [5.74, 6) is 0.0602. The zero-order valence-electron chi connectivity index (χ0n) is 16.7. The molecule has 1 aliphatic rings. The molecule has 1 saturated carbocycles. The van der Waals surface area contributed by atoms with Crippen LogP contribution in [0.4, 0.5) is 0 Å². The Morgan fingerprint density at radius 2 is 2.14 bits per heavy atom. The van der Waals surface area contributed by atoms with Crippen molar-refractivity contribution < 1.29 is 24.2 Å². The second-order valence-corrected chi connectivity index (χ2v) is 8.06. The molecule has 0 spiro atoms. The number of aliphatic hydroxyl groups is 1. The maximum Gasteiger partial charge on any atom is 0.364 e. The molecule has 1 N–H and O–H groups in total. The van der Waals surface area contributed by atoms with Gasteiger partial charge in [-0.2, -0.15) is 0 Å². The summed E-state index contributed by atoms with van der Waals surface area (Å²) in [5, 5.41) is 10.6. The Labute approximate surface area is 180 Å². The highest BCUT2D eigenvalue weighted by Gasteiger charge is 2.46. The van der Waals surface area contributed by atoms with Crippen LogP contribution in [0.1, 0.15) is 32.6 Å². The topological polar surface area (TPSA) is 72.8 Å². The largest absolute Gasteiger partial charge is 0.465 e. The summed E-state index contributed by atoms with van der Waals surface area (Å²) in [4.78, 5) is 24.4. The van der Waals surface area contributed by atoms with E-state index in [0.29, 0.717) is 18.6 Å². The fourth-order valence-corrected chi connectivity index (χ4v) is 3.75. The molecule has 1 aliphatic carbocycles. The van der Waals surface area contributed by atoms with Crippen molar-refractivity contribution in [3.63, 3.8) is 0 Å². The Hall–Kier alpha value is -2.14. The Bertz CT molecular complexity index is 782.